The quantitative estimate of drug-likeness (QED) is 0.463. The Morgan fingerprint density at radius 3 is 0.950 bits per heavy atom. The monoisotopic (exact) mass is 359 g/mol. The summed E-state index contributed by atoms with van der Waals surface area (Å²) in [6, 6.07) is 0. The van der Waals surface area contributed by atoms with Crippen molar-refractivity contribution in [1.29, 1.82) is 0 Å². The molecule has 0 amide bonds. The van der Waals surface area contributed by atoms with E-state index in [4.69, 9.17) is 0 Å². The maximum atomic E-state index is 4.58. The molecule has 0 aromatic rings. The molecule has 0 aromatic heterocycles. The van der Waals surface area contributed by atoms with Gasteiger partial charge in [0.15, 0.2) is 0 Å². The minimum atomic E-state index is -0.883. The molecule has 2 heteroatoms. The van der Waals surface area contributed by atoms with Crippen molar-refractivity contribution < 1.29 is 0 Å². The van der Waals surface area contributed by atoms with Crippen molar-refractivity contribution in [1.82, 2.24) is 0 Å². The molecular weight excluding hydrogens is 327 g/mol. The van der Waals surface area contributed by atoms with E-state index in [9.17, 15) is 0 Å². The molecule has 3 saturated carbocycles. The third-order valence-electron chi connectivity index (χ3n) is 6.40. The van der Waals surface area contributed by atoms with Gasteiger partial charge in [-0.25, -0.2) is 0 Å². The summed E-state index contributed by atoms with van der Waals surface area (Å²) < 4.78 is 0. The van der Waals surface area contributed by atoms with E-state index in [0.29, 0.717) is 0 Å². The first kappa shape index (κ1) is 15.8. The van der Waals surface area contributed by atoms with Crippen molar-refractivity contribution in [2.45, 2.75) is 113 Å². The van der Waals surface area contributed by atoms with Gasteiger partial charge >= 0.3 is 0 Å². The van der Waals surface area contributed by atoms with Gasteiger partial charge in [0, 0.05) is 0 Å². The fraction of sp³-hybridized carbons (Fsp3) is 1.00. The van der Waals surface area contributed by atoms with Crippen LogP contribution in [-0.2, 0) is 0 Å². The predicted molar refractivity (Wildman–Crippen MR) is 96.5 cm³/mol. The minimum absolute atomic E-state index is 0.883. The molecule has 0 radical (unpaired) electrons. The summed E-state index contributed by atoms with van der Waals surface area (Å²) in [7, 11) is 0. The Morgan fingerprint density at radius 2 is 0.700 bits per heavy atom. The topological polar surface area (TPSA) is 0 Å². The summed E-state index contributed by atoms with van der Waals surface area (Å²) in [6.07, 6.45) is 23.1. The van der Waals surface area contributed by atoms with Gasteiger partial charge < -0.3 is 0 Å². The summed E-state index contributed by atoms with van der Waals surface area (Å²) in [5.74, 6) is -0.883. The first-order chi connectivity index (χ1) is 9.82. The molecule has 0 spiro atoms. The highest BCUT2D eigenvalue weighted by Crippen LogP contribution is 2.82. The molecule has 0 saturated heterocycles. The second-order valence-electron chi connectivity index (χ2n) is 7.62. The normalized spacial score (nSPS) is 28.6. The first-order valence-corrected chi connectivity index (χ1v) is 13.4. The standard InChI is InChI=1S/C18H33BrP/c19-20(16-10-4-1-5-11-16,17-12-6-2-7-13-17)18-14-8-3-9-15-18/h16-18H,1-15H2/q+1. The van der Waals surface area contributed by atoms with E-state index >= 15 is 0 Å². The Bertz CT molecular complexity index is 240. The lowest BCUT2D eigenvalue weighted by Crippen LogP contribution is -2.32. The highest BCUT2D eigenvalue weighted by Gasteiger charge is 2.56. The molecule has 3 aliphatic rings. The van der Waals surface area contributed by atoms with Crippen LogP contribution in [0.3, 0.4) is 0 Å². The Labute approximate surface area is 134 Å². The largest absolute Gasteiger partial charge is 0.139 e. The van der Waals surface area contributed by atoms with Crippen LogP contribution in [0.15, 0.2) is 0 Å². The third-order valence-corrected chi connectivity index (χ3v) is 16.5. The van der Waals surface area contributed by atoms with Crippen molar-refractivity contribution >= 4 is 21.5 Å². The lowest BCUT2D eigenvalue weighted by Gasteiger charge is -2.44. The fourth-order valence-corrected chi connectivity index (χ4v) is 14.3. The van der Waals surface area contributed by atoms with Crippen LogP contribution in [0.4, 0.5) is 0 Å². The van der Waals surface area contributed by atoms with Crippen molar-refractivity contribution in [2.24, 2.45) is 0 Å². The number of halogens is 1. The fourth-order valence-electron chi connectivity index (χ4n) is 5.32. The van der Waals surface area contributed by atoms with Crippen LogP contribution in [0.2, 0.25) is 0 Å². The highest BCUT2D eigenvalue weighted by atomic mass is 79.9. The summed E-state index contributed by atoms with van der Waals surface area (Å²) >= 11 is 4.58. The molecule has 0 bridgehead atoms. The van der Waals surface area contributed by atoms with Gasteiger partial charge in [-0.1, -0.05) is 19.3 Å². The van der Waals surface area contributed by atoms with E-state index in [2.05, 4.69) is 15.5 Å². The second-order valence-corrected chi connectivity index (χ2v) is 15.0. The zero-order valence-electron chi connectivity index (χ0n) is 13.2. The van der Waals surface area contributed by atoms with E-state index < -0.39 is 5.96 Å². The van der Waals surface area contributed by atoms with E-state index in [1.807, 2.05) is 0 Å². The van der Waals surface area contributed by atoms with Gasteiger partial charge in [-0.15, -0.1) is 0 Å². The van der Waals surface area contributed by atoms with Crippen LogP contribution in [0.1, 0.15) is 96.3 Å². The maximum absolute atomic E-state index is 4.58. The van der Waals surface area contributed by atoms with Gasteiger partial charge in [0.05, 0.1) is 22.9 Å². The van der Waals surface area contributed by atoms with E-state index in [-0.39, 0.29) is 0 Å². The SMILES string of the molecule is Br[P+](C1CCCCC1)(C1CCCCC1)C1CCCCC1. The summed E-state index contributed by atoms with van der Waals surface area (Å²) in [4.78, 5) is 0. The number of hydrogen-bond acceptors (Lipinski definition) is 0. The lowest BCUT2D eigenvalue weighted by atomic mass is 9.99. The Hall–Kier alpha value is 0.910. The summed E-state index contributed by atoms with van der Waals surface area (Å²) in [5, 5.41) is 0. The van der Waals surface area contributed by atoms with Crippen LogP contribution in [-0.4, -0.2) is 17.0 Å². The van der Waals surface area contributed by atoms with Crippen LogP contribution < -0.4 is 0 Å². The molecule has 3 fully saturated rings. The van der Waals surface area contributed by atoms with Gasteiger partial charge in [0.25, 0.3) is 0 Å². The van der Waals surface area contributed by atoms with Gasteiger partial charge in [-0.3, -0.25) is 0 Å². The zero-order chi connectivity index (χ0) is 13.8. The van der Waals surface area contributed by atoms with Gasteiger partial charge in [0.2, 0.25) is 0 Å². The molecular formula is C18H33BrP+. The first-order valence-electron chi connectivity index (χ1n) is 9.39. The van der Waals surface area contributed by atoms with Crippen LogP contribution in [0.5, 0.6) is 0 Å². The molecule has 3 aliphatic carbocycles. The van der Waals surface area contributed by atoms with Gasteiger partial charge in [0.1, 0.15) is 15.5 Å². The molecule has 0 aliphatic heterocycles. The molecule has 0 nitrogen and oxygen atoms in total. The summed E-state index contributed by atoms with van der Waals surface area (Å²) in [6.45, 7) is 0. The van der Waals surface area contributed by atoms with E-state index in [1.54, 1.807) is 38.5 Å². The molecule has 0 unspecified atom stereocenters. The maximum Gasteiger partial charge on any atom is 0.139 e. The Kier molecular flexibility index (Phi) is 5.88. The molecule has 0 N–H and O–H groups in total. The average molecular weight is 360 g/mol. The van der Waals surface area contributed by atoms with Crippen molar-refractivity contribution in [3.05, 3.63) is 0 Å². The summed E-state index contributed by atoms with van der Waals surface area (Å²) in [5.41, 5.74) is 3.30. The van der Waals surface area contributed by atoms with E-state index in [1.165, 1.54) is 57.8 Å². The van der Waals surface area contributed by atoms with Crippen LogP contribution in [0.25, 0.3) is 0 Å². The minimum Gasteiger partial charge on any atom is -0.0530 e. The Balaban J connectivity index is 1.79. The van der Waals surface area contributed by atoms with E-state index in [0.717, 1.165) is 17.0 Å². The molecule has 3 rings (SSSR count). The molecule has 0 aromatic carbocycles. The smallest absolute Gasteiger partial charge is 0.0530 e. The number of rotatable bonds is 3. The predicted octanol–water partition coefficient (Wildman–Crippen LogP) is 7.31. The molecule has 0 atom stereocenters. The third kappa shape index (κ3) is 3.29. The van der Waals surface area contributed by atoms with Gasteiger partial charge in [-0.05, 0) is 77.0 Å². The Morgan fingerprint density at radius 1 is 0.450 bits per heavy atom. The lowest BCUT2D eigenvalue weighted by molar-refractivity contribution is 0.458. The van der Waals surface area contributed by atoms with Crippen molar-refractivity contribution in [3.63, 3.8) is 0 Å². The van der Waals surface area contributed by atoms with Crippen LogP contribution >= 0.6 is 21.5 Å². The average Bonchev–Trinajstić information content (AvgIpc) is 2.56. The molecule has 20 heavy (non-hydrogen) atoms. The van der Waals surface area contributed by atoms with Crippen LogP contribution in [0, 0.1) is 0 Å². The molecule has 0 heterocycles. The highest BCUT2D eigenvalue weighted by molar-refractivity contribution is 9.42. The van der Waals surface area contributed by atoms with Crippen molar-refractivity contribution in [2.75, 3.05) is 0 Å². The zero-order valence-corrected chi connectivity index (χ0v) is 15.6. The number of hydrogen-bond donors (Lipinski definition) is 0. The second kappa shape index (κ2) is 7.45. The van der Waals surface area contributed by atoms with Gasteiger partial charge in [-0.2, -0.15) is 0 Å². The van der Waals surface area contributed by atoms with Crippen molar-refractivity contribution in [3.8, 4) is 0 Å². The molecule has 116 valence electrons.